The quantitative estimate of drug-likeness (QED) is 0.548. The van der Waals surface area contributed by atoms with Gasteiger partial charge in [-0.25, -0.2) is 13.6 Å². The lowest BCUT2D eigenvalue weighted by atomic mass is 10.1. The van der Waals surface area contributed by atoms with Gasteiger partial charge in [-0.15, -0.1) is 11.3 Å². The normalized spacial score (nSPS) is 11.6. The number of anilines is 1. The number of benzene rings is 1. The first-order chi connectivity index (χ1) is 13.1. The standard InChI is InChI=1S/C19H19F2NO5S/c1-5-26-19(25)15-9(2)16(10(3)23)28-18(15)22-17(24)11(4)27-14-7-6-12(20)8-13(14)21/h6-8,11H,5H2,1-4H3,(H,22,24). The Balaban J connectivity index is 2.25. The molecule has 1 atom stereocenters. The summed E-state index contributed by atoms with van der Waals surface area (Å²) in [7, 11) is 0. The molecular weight excluding hydrogens is 392 g/mol. The first kappa shape index (κ1) is 21.5. The number of halogens is 2. The van der Waals surface area contributed by atoms with E-state index in [1.165, 1.54) is 13.8 Å². The van der Waals surface area contributed by atoms with Crippen molar-refractivity contribution in [3.05, 3.63) is 45.8 Å². The Bertz CT molecular complexity index is 925. The van der Waals surface area contributed by atoms with Crippen LogP contribution in [-0.4, -0.2) is 30.4 Å². The van der Waals surface area contributed by atoms with Gasteiger partial charge in [0.15, 0.2) is 23.5 Å². The van der Waals surface area contributed by atoms with E-state index in [1.807, 2.05) is 0 Å². The molecule has 6 nitrogen and oxygen atoms in total. The summed E-state index contributed by atoms with van der Waals surface area (Å²) in [5.74, 6) is -3.61. The van der Waals surface area contributed by atoms with E-state index in [-0.39, 0.29) is 28.7 Å². The van der Waals surface area contributed by atoms with Crippen LogP contribution in [0.4, 0.5) is 13.8 Å². The van der Waals surface area contributed by atoms with Crippen LogP contribution >= 0.6 is 11.3 Å². The van der Waals surface area contributed by atoms with E-state index in [4.69, 9.17) is 9.47 Å². The van der Waals surface area contributed by atoms with Crippen LogP contribution < -0.4 is 10.1 Å². The maximum absolute atomic E-state index is 13.7. The molecular formula is C19H19F2NO5S. The number of hydrogen-bond acceptors (Lipinski definition) is 6. The van der Waals surface area contributed by atoms with Crippen LogP contribution in [0, 0.1) is 18.6 Å². The zero-order valence-electron chi connectivity index (χ0n) is 15.7. The molecule has 1 heterocycles. The molecule has 1 amide bonds. The van der Waals surface area contributed by atoms with Gasteiger partial charge in [-0.05, 0) is 45.4 Å². The fourth-order valence-corrected chi connectivity index (χ4v) is 3.51. The summed E-state index contributed by atoms with van der Waals surface area (Å²) in [5.41, 5.74) is 0.495. The van der Waals surface area contributed by atoms with Crippen molar-refractivity contribution in [3.63, 3.8) is 0 Å². The van der Waals surface area contributed by atoms with E-state index in [2.05, 4.69) is 5.32 Å². The van der Waals surface area contributed by atoms with Crippen LogP contribution in [0.1, 0.15) is 46.4 Å². The minimum atomic E-state index is -1.15. The molecule has 1 unspecified atom stereocenters. The second-order valence-corrected chi connectivity index (χ2v) is 6.88. The second kappa shape index (κ2) is 8.92. The Hall–Kier alpha value is -2.81. The molecule has 2 rings (SSSR count). The first-order valence-electron chi connectivity index (χ1n) is 8.39. The molecule has 1 aromatic heterocycles. The highest BCUT2D eigenvalue weighted by molar-refractivity contribution is 7.18. The van der Waals surface area contributed by atoms with Gasteiger partial charge in [0, 0.05) is 6.07 Å². The van der Waals surface area contributed by atoms with Crippen molar-refractivity contribution in [2.75, 3.05) is 11.9 Å². The molecule has 0 radical (unpaired) electrons. The summed E-state index contributed by atoms with van der Waals surface area (Å²) in [6.45, 7) is 6.07. The van der Waals surface area contributed by atoms with Crippen molar-refractivity contribution in [2.24, 2.45) is 0 Å². The lowest BCUT2D eigenvalue weighted by Crippen LogP contribution is -2.30. The van der Waals surface area contributed by atoms with Gasteiger partial charge in [-0.2, -0.15) is 0 Å². The van der Waals surface area contributed by atoms with Crippen LogP contribution in [0.25, 0.3) is 0 Å². The zero-order valence-corrected chi connectivity index (χ0v) is 16.5. The van der Waals surface area contributed by atoms with Crippen LogP contribution in [0.3, 0.4) is 0 Å². The van der Waals surface area contributed by atoms with Gasteiger partial charge in [0.25, 0.3) is 5.91 Å². The topological polar surface area (TPSA) is 81.7 Å². The van der Waals surface area contributed by atoms with Crippen LogP contribution in [0.2, 0.25) is 0 Å². The predicted molar refractivity (Wildman–Crippen MR) is 100 cm³/mol. The van der Waals surface area contributed by atoms with Gasteiger partial charge in [0.2, 0.25) is 0 Å². The van der Waals surface area contributed by atoms with Crippen molar-refractivity contribution in [3.8, 4) is 5.75 Å². The minimum absolute atomic E-state index is 0.0885. The van der Waals surface area contributed by atoms with Crippen LogP contribution in [0.5, 0.6) is 5.75 Å². The molecule has 28 heavy (non-hydrogen) atoms. The summed E-state index contributed by atoms with van der Waals surface area (Å²) in [5, 5.41) is 2.66. The molecule has 0 saturated heterocycles. The number of carbonyl (C=O) groups excluding carboxylic acids is 3. The fourth-order valence-electron chi connectivity index (χ4n) is 2.41. The van der Waals surface area contributed by atoms with Crippen molar-refractivity contribution in [1.82, 2.24) is 0 Å². The van der Waals surface area contributed by atoms with E-state index in [0.29, 0.717) is 16.5 Å². The molecule has 9 heteroatoms. The van der Waals surface area contributed by atoms with Gasteiger partial charge < -0.3 is 14.8 Å². The smallest absolute Gasteiger partial charge is 0.341 e. The lowest BCUT2D eigenvalue weighted by Gasteiger charge is -2.15. The maximum atomic E-state index is 13.7. The van der Waals surface area contributed by atoms with E-state index in [1.54, 1.807) is 13.8 Å². The summed E-state index contributed by atoms with van der Waals surface area (Å²) >= 11 is 0.944. The minimum Gasteiger partial charge on any atom is -0.478 e. The van der Waals surface area contributed by atoms with E-state index < -0.39 is 29.6 Å². The van der Waals surface area contributed by atoms with Crippen molar-refractivity contribution in [2.45, 2.75) is 33.8 Å². The second-order valence-electron chi connectivity index (χ2n) is 5.86. The third kappa shape index (κ3) is 4.72. The predicted octanol–water partition coefficient (Wildman–Crippen LogP) is 4.12. The molecule has 0 aliphatic heterocycles. The van der Waals surface area contributed by atoms with Crippen molar-refractivity contribution >= 4 is 34.0 Å². The fraction of sp³-hybridized carbons (Fsp3) is 0.316. The Morgan fingerprint density at radius 1 is 1.25 bits per heavy atom. The maximum Gasteiger partial charge on any atom is 0.341 e. The molecule has 0 spiro atoms. The SMILES string of the molecule is CCOC(=O)c1c(NC(=O)C(C)Oc2ccc(F)cc2F)sc(C(C)=O)c1C. The molecule has 150 valence electrons. The van der Waals surface area contributed by atoms with Gasteiger partial charge >= 0.3 is 5.97 Å². The number of rotatable bonds is 7. The summed E-state index contributed by atoms with van der Waals surface area (Å²) < 4.78 is 36.9. The summed E-state index contributed by atoms with van der Waals surface area (Å²) in [6, 6.07) is 2.71. The molecule has 0 bridgehead atoms. The zero-order chi connectivity index (χ0) is 21.0. The number of carbonyl (C=O) groups is 3. The number of hydrogen-bond donors (Lipinski definition) is 1. The lowest BCUT2D eigenvalue weighted by molar-refractivity contribution is -0.122. The summed E-state index contributed by atoms with van der Waals surface area (Å²) in [4.78, 5) is 36.8. The number of amides is 1. The largest absolute Gasteiger partial charge is 0.478 e. The van der Waals surface area contributed by atoms with Gasteiger partial charge in [0.05, 0.1) is 17.0 Å². The molecule has 0 aliphatic carbocycles. The van der Waals surface area contributed by atoms with Gasteiger partial charge in [0.1, 0.15) is 10.8 Å². The highest BCUT2D eigenvalue weighted by Gasteiger charge is 2.27. The van der Waals surface area contributed by atoms with Crippen molar-refractivity contribution < 1.29 is 32.6 Å². The molecule has 2 aromatic rings. The number of thiophene rings is 1. The first-order valence-corrected chi connectivity index (χ1v) is 9.21. The number of ketones is 1. The van der Waals surface area contributed by atoms with E-state index in [9.17, 15) is 23.2 Å². The molecule has 1 aromatic carbocycles. The van der Waals surface area contributed by atoms with E-state index >= 15 is 0 Å². The highest BCUT2D eigenvalue weighted by Crippen LogP contribution is 2.34. The molecule has 0 saturated carbocycles. The Morgan fingerprint density at radius 3 is 2.50 bits per heavy atom. The average molecular weight is 411 g/mol. The number of Topliss-reactive ketones (excluding diaryl/α,β-unsaturated/α-hetero) is 1. The molecule has 0 aliphatic rings. The van der Waals surface area contributed by atoms with Crippen LogP contribution in [0.15, 0.2) is 18.2 Å². The Morgan fingerprint density at radius 2 is 1.93 bits per heavy atom. The number of nitrogens with one attached hydrogen (secondary N) is 1. The Kier molecular flexibility index (Phi) is 6.85. The highest BCUT2D eigenvalue weighted by atomic mass is 32.1. The monoisotopic (exact) mass is 411 g/mol. The average Bonchev–Trinajstić information content (AvgIpc) is 2.93. The van der Waals surface area contributed by atoms with E-state index in [0.717, 1.165) is 23.5 Å². The number of esters is 1. The number of ether oxygens (including phenoxy) is 2. The van der Waals surface area contributed by atoms with Gasteiger partial charge in [-0.1, -0.05) is 0 Å². The Labute approximate surface area is 164 Å². The van der Waals surface area contributed by atoms with Gasteiger partial charge in [-0.3, -0.25) is 9.59 Å². The third-order valence-electron chi connectivity index (χ3n) is 3.75. The molecule has 1 N–H and O–H groups in total. The third-order valence-corrected chi connectivity index (χ3v) is 5.06. The van der Waals surface area contributed by atoms with Crippen molar-refractivity contribution in [1.29, 1.82) is 0 Å². The summed E-state index contributed by atoms with van der Waals surface area (Å²) in [6.07, 6.45) is -1.15. The van der Waals surface area contributed by atoms with Crippen LogP contribution in [-0.2, 0) is 9.53 Å². The molecule has 0 fully saturated rings.